The second-order valence-electron chi connectivity index (χ2n) is 0.803. The molecule has 0 bridgehead atoms. The number of rotatable bonds is 0. The Morgan fingerprint density at radius 2 is 1.50 bits per heavy atom. The number of carboxylic acids is 1. The summed E-state index contributed by atoms with van der Waals surface area (Å²) < 4.78 is 31.7. The van der Waals surface area contributed by atoms with E-state index >= 15 is 0 Å². The van der Waals surface area contributed by atoms with Crippen molar-refractivity contribution in [3.05, 3.63) is 0 Å². The number of halogens is 3. The first-order chi connectivity index (χ1) is 2.94. The van der Waals surface area contributed by atoms with Gasteiger partial charge in [-0.15, -0.1) is 0 Å². The van der Waals surface area contributed by atoms with E-state index in [1.165, 1.54) is 0 Å². The normalized spacial score (nSPS) is 9.88. The van der Waals surface area contributed by atoms with Gasteiger partial charge in [-0.2, -0.15) is 13.2 Å². The maximum atomic E-state index is 10.6. The zero-order valence-corrected chi connectivity index (χ0v) is 4.67. The Morgan fingerprint density at radius 3 is 1.50 bits per heavy atom. The third kappa shape index (κ3) is 3.97. The van der Waals surface area contributed by atoms with E-state index < -0.39 is 12.1 Å². The van der Waals surface area contributed by atoms with Crippen molar-refractivity contribution in [2.45, 2.75) is 6.18 Å². The van der Waals surface area contributed by atoms with Gasteiger partial charge in [0.2, 0.25) is 0 Å². The van der Waals surface area contributed by atoms with Crippen LogP contribution in [0, 0.1) is 0 Å². The van der Waals surface area contributed by atoms with Crippen LogP contribution in [-0.4, -0.2) is 17.3 Å². The second kappa shape index (κ2) is 2.95. The first-order valence-electron chi connectivity index (χ1n) is 1.24. The van der Waals surface area contributed by atoms with E-state index in [0.29, 0.717) is 0 Å². The standard InChI is InChI=1S/C2HF3O2.Cr/c3-2(4,5)1(6)7;/h(H,6,7);. The van der Waals surface area contributed by atoms with E-state index in [1.807, 2.05) is 0 Å². The van der Waals surface area contributed by atoms with Crippen LogP contribution in [0.15, 0.2) is 0 Å². The predicted molar refractivity (Wildman–Crippen MR) is 13.7 cm³/mol. The molecule has 0 radical (unpaired) electrons. The Kier molecular flexibility index (Phi) is 3.95. The quantitative estimate of drug-likeness (QED) is 0.573. The van der Waals surface area contributed by atoms with Gasteiger partial charge in [-0.05, 0) is 0 Å². The predicted octanol–water partition coefficient (Wildman–Crippen LogP) is 0.631. The first-order valence-corrected chi connectivity index (χ1v) is 1.24. The van der Waals surface area contributed by atoms with Crippen molar-refractivity contribution in [3.63, 3.8) is 0 Å². The molecule has 48 valence electrons. The smallest absolute Gasteiger partial charge is 0.475 e. The van der Waals surface area contributed by atoms with Crippen molar-refractivity contribution in [1.82, 2.24) is 0 Å². The molecule has 0 atom stereocenters. The maximum Gasteiger partial charge on any atom is 0.490 e. The van der Waals surface area contributed by atoms with Crippen molar-refractivity contribution in [3.8, 4) is 0 Å². The van der Waals surface area contributed by atoms with Crippen LogP contribution >= 0.6 is 0 Å². The summed E-state index contributed by atoms with van der Waals surface area (Å²) in [5, 5.41) is 7.12. The molecule has 2 nitrogen and oxygen atoms in total. The SMILES string of the molecule is O=C(O)C(F)(F)F.[Cr]. The molecule has 1 N–H and O–H groups in total. The first kappa shape index (κ1) is 10.7. The van der Waals surface area contributed by atoms with Gasteiger partial charge in [-0.1, -0.05) is 0 Å². The largest absolute Gasteiger partial charge is 0.490 e. The van der Waals surface area contributed by atoms with Crippen molar-refractivity contribution < 1.29 is 40.4 Å². The Bertz CT molecular complexity index is 87.8. The third-order valence-corrected chi connectivity index (χ3v) is 0.243. The van der Waals surface area contributed by atoms with Gasteiger partial charge in [0.05, 0.1) is 0 Å². The topological polar surface area (TPSA) is 37.3 Å². The van der Waals surface area contributed by atoms with Crippen molar-refractivity contribution in [2.75, 3.05) is 0 Å². The summed E-state index contributed by atoms with van der Waals surface area (Å²) in [6.07, 6.45) is -5.08. The molecule has 0 aliphatic carbocycles. The van der Waals surface area contributed by atoms with E-state index in [1.54, 1.807) is 0 Å². The molecule has 0 aliphatic heterocycles. The summed E-state index contributed by atoms with van der Waals surface area (Å²) in [5.41, 5.74) is 0. The van der Waals surface area contributed by atoms with Crippen LogP contribution in [0.2, 0.25) is 0 Å². The minimum absolute atomic E-state index is 0. The zero-order valence-electron chi connectivity index (χ0n) is 3.40. The summed E-state index contributed by atoms with van der Waals surface area (Å²) >= 11 is 0. The van der Waals surface area contributed by atoms with Gasteiger partial charge in [0.15, 0.2) is 0 Å². The number of alkyl halides is 3. The van der Waals surface area contributed by atoms with Gasteiger partial charge in [0.1, 0.15) is 0 Å². The van der Waals surface area contributed by atoms with Crippen molar-refractivity contribution in [1.29, 1.82) is 0 Å². The number of carboxylic acid groups (broad SMARTS) is 1. The van der Waals surface area contributed by atoms with Crippen LogP contribution in [0.5, 0.6) is 0 Å². The van der Waals surface area contributed by atoms with E-state index in [9.17, 15) is 13.2 Å². The van der Waals surface area contributed by atoms with Crippen LogP contribution in [0.25, 0.3) is 0 Å². The molecule has 0 aromatic carbocycles. The van der Waals surface area contributed by atoms with Crippen molar-refractivity contribution in [2.24, 2.45) is 0 Å². The summed E-state index contributed by atoms with van der Waals surface area (Å²) in [6, 6.07) is 0. The molecule has 0 heterocycles. The Labute approximate surface area is 53.4 Å². The number of hydrogen-bond donors (Lipinski definition) is 1. The number of hydrogen-bond acceptors (Lipinski definition) is 1. The summed E-state index contributed by atoms with van der Waals surface area (Å²) in [7, 11) is 0. The minimum atomic E-state index is -5.08. The molecule has 0 aliphatic rings. The average molecular weight is 166 g/mol. The number of aliphatic carboxylic acids is 1. The van der Waals surface area contributed by atoms with Gasteiger partial charge in [0, 0.05) is 17.4 Å². The summed E-state index contributed by atoms with van der Waals surface area (Å²) in [6.45, 7) is 0. The molecule has 0 aromatic rings. The van der Waals surface area contributed by atoms with E-state index in [-0.39, 0.29) is 17.4 Å². The maximum absolute atomic E-state index is 10.6. The van der Waals surface area contributed by atoms with Gasteiger partial charge in [-0.25, -0.2) is 4.79 Å². The fourth-order valence-electron chi connectivity index (χ4n) is 0. The Hall–Kier alpha value is -0.208. The summed E-state index contributed by atoms with van der Waals surface area (Å²) in [4.78, 5) is 8.90. The molecule has 0 aromatic heterocycles. The average Bonchev–Trinajstić information content (AvgIpc) is 1.31. The molecule has 0 saturated heterocycles. The van der Waals surface area contributed by atoms with E-state index in [0.717, 1.165) is 0 Å². The third-order valence-electron chi connectivity index (χ3n) is 0.243. The molecule has 0 unspecified atom stereocenters. The zero-order chi connectivity index (χ0) is 6.08. The van der Waals surface area contributed by atoms with Crippen LogP contribution in [-0.2, 0) is 22.2 Å². The number of carbonyl (C=O) groups is 1. The van der Waals surface area contributed by atoms with Gasteiger partial charge in [0.25, 0.3) is 0 Å². The van der Waals surface area contributed by atoms with Gasteiger partial charge < -0.3 is 5.11 Å². The summed E-state index contributed by atoms with van der Waals surface area (Å²) in [5.74, 6) is -2.76. The van der Waals surface area contributed by atoms with Crippen LogP contribution < -0.4 is 0 Å². The van der Waals surface area contributed by atoms with Crippen molar-refractivity contribution >= 4 is 5.97 Å². The van der Waals surface area contributed by atoms with Crippen LogP contribution in [0.3, 0.4) is 0 Å². The molecule has 0 fully saturated rings. The van der Waals surface area contributed by atoms with Gasteiger partial charge in [-0.3, -0.25) is 0 Å². The molecule has 0 amide bonds. The van der Waals surface area contributed by atoms with Gasteiger partial charge >= 0.3 is 12.1 Å². The molecule has 0 rings (SSSR count). The fourth-order valence-corrected chi connectivity index (χ4v) is 0. The monoisotopic (exact) mass is 166 g/mol. The Balaban J connectivity index is 0. The molecular formula is C2HCrF3O2. The molecule has 0 spiro atoms. The second-order valence-corrected chi connectivity index (χ2v) is 0.803. The molecule has 8 heavy (non-hydrogen) atoms. The van der Waals surface area contributed by atoms with E-state index in [4.69, 9.17) is 9.90 Å². The molecule has 6 heteroatoms. The fraction of sp³-hybridized carbons (Fsp3) is 0.500. The van der Waals surface area contributed by atoms with E-state index in [2.05, 4.69) is 0 Å². The molecule has 0 saturated carbocycles. The minimum Gasteiger partial charge on any atom is -0.475 e. The Morgan fingerprint density at radius 1 is 1.38 bits per heavy atom. The molecular weight excluding hydrogens is 165 g/mol. The van der Waals surface area contributed by atoms with Crippen LogP contribution in [0.1, 0.15) is 0 Å². The van der Waals surface area contributed by atoms with Crippen LogP contribution in [0.4, 0.5) is 13.2 Å².